The molecule has 13 heavy (non-hydrogen) atoms. The number of thiol groups is 1. The summed E-state index contributed by atoms with van der Waals surface area (Å²) in [6.07, 6.45) is 4.55. The number of hydrogen-bond donors (Lipinski definition) is 1. The van der Waals surface area contributed by atoms with Crippen LogP contribution in [0.1, 0.15) is 12.8 Å². The molecule has 0 amide bonds. The molecule has 74 valence electrons. The van der Waals surface area contributed by atoms with Gasteiger partial charge in [0.25, 0.3) is 0 Å². The van der Waals surface area contributed by atoms with Crippen LogP contribution < -0.4 is 0 Å². The largest absolute Gasteiger partial charge is 0.357 e. The molecule has 1 rings (SSSR count). The van der Waals surface area contributed by atoms with Gasteiger partial charge < -0.3 is 9.21 Å². The van der Waals surface area contributed by atoms with Crippen molar-refractivity contribution < 1.29 is 0 Å². The monoisotopic (exact) mass is 198 g/mol. The van der Waals surface area contributed by atoms with Crippen LogP contribution in [-0.2, 0) is 0 Å². The molecule has 0 heterocycles. The first kappa shape index (κ1) is 10.5. The predicted molar refractivity (Wildman–Crippen MR) is 60.4 cm³/mol. The summed E-state index contributed by atoms with van der Waals surface area (Å²) in [4.78, 5) is 2.04. The summed E-state index contributed by atoms with van der Waals surface area (Å²) in [5, 5.41) is 0. The molecule has 0 aromatic heterocycles. The quantitative estimate of drug-likeness (QED) is 0.516. The summed E-state index contributed by atoms with van der Waals surface area (Å²) in [6, 6.07) is 0. The third kappa shape index (κ3) is 3.35. The normalized spacial score (nSPS) is 15.2. The average Bonchev–Trinajstić information content (AvgIpc) is 2.87. The van der Waals surface area contributed by atoms with E-state index in [1.165, 1.54) is 12.8 Å². The van der Waals surface area contributed by atoms with Gasteiger partial charge >= 0.3 is 0 Å². The zero-order valence-corrected chi connectivity index (χ0v) is 9.13. The van der Waals surface area contributed by atoms with Crippen LogP contribution in [0.5, 0.6) is 0 Å². The summed E-state index contributed by atoms with van der Waals surface area (Å²) < 4.78 is 1.93. The fourth-order valence-corrected chi connectivity index (χ4v) is 1.53. The number of hydrogen-bond acceptors (Lipinski definition) is 3. The highest BCUT2D eigenvalue weighted by Crippen LogP contribution is 2.31. The molecule has 0 aromatic rings. The molecule has 3 heteroatoms. The van der Waals surface area contributed by atoms with Gasteiger partial charge in [0.05, 0.1) is 0 Å². The summed E-state index contributed by atoms with van der Waals surface area (Å²) in [5.74, 6) is 1.79. The second-order valence-corrected chi connectivity index (χ2v) is 4.09. The van der Waals surface area contributed by atoms with Crippen molar-refractivity contribution in [1.29, 1.82) is 0 Å². The zero-order chi connectivity index (χ0) is 9.84. The Kier molecular flexibility index (Phi) is 3.72. The average molecular weight is 198 g/mol. The van der Waals surface area contributed by atoms with Gasteiger partial charge in [-0.05, 0) is 18.8 Å². The van der Waals surface area contributed by atoms with E-state index in [1.807, 2.05) is 22.3 Å². The lowest BCUT2D eigenvalue weighted by Crippen LogP contribution is -2.28. The van der Waals surface area contributed by atoms with Gasteiger partial charge in [0, 0.05) is 20.1 Å². The van der Waals surface area contributed by atoms with E-state index in [0.717, 1.165) is 24.8 Å². The number of nitrogens with zero attached hydrogens (tertiary/aromatic N) is 2. The van der Waals surface area contributed by atoms with Crippen LogP contribution in [0.15, 0.2) is 25.1 Å². The molecule has 0 spiro atoms. The van der Waals surface area contributed by atoms with Crippen molar-refractivity contribution >= 4 is 12.8 Å². The molecule has 0 radical (unpaired) electrons. The molecule has 0 aliphatic heterocycles. The molecule has 0 atom stereocenters. The minimum atomic E-state index is 0.820. The van der Waals surface area contributed by atoms with Crippen LogP contribution in [0.4, 0.5) is 0 Å². The van der Waals surface area contributed by atoms with Crippen LogP contribution >= 0.6 is 12.8 Å². The molecule has 1 fully saturated rings. The highest BCUT2D eigenvalue weighted by molar-refractivity contribution is 7.77. The third-order valence-corrected chi connectivity index (χ3v) is 2.66. The topological polar surface area (TPSA) is 6.48 Å². The highest BCUT2D eigenvalue weighted by atomic mass is 32.1. The molecule has 1 aliphatic carbocycles. The predicted octanol–water partition coefficient (Wildman–Crippen LogP) is 2.13. The summed E-state index contributed by atoms with van der Waals surface area (Å²) in [6.45, 7) is 9.51. The van der Waals surface area contributed by atoms with Crippen LogP contribution in [0.2, 0.25) is 0 Å². The lowest BCUT2D eigenvalue weighted by molar-refractivity contribution is 0.352. The fourth-order valence-electron chi connectivity index (χ4n) is 1.15. The zero-order valence-electron chi connectivity index (χ0n) is 8.24. The van der Waals surface area contributed by atoms with Gasteiger partial charge in [-0.15, -0.1) is 6.58 Å². The fraction of sp³-hybridized carbons (Fsp3) is 0.600. The van der Waals surface area contributed by atoms with Crippen molar-refractivity contribution in [2.24, 2.45) is 5.92 Å². The Labute approximate surface area is 86.4 Å². The van der Waals surface area contributed by atoms with E-state index in [-0.39, 0.29) is 0 Å². The smallest absolute Gasteiger partial charge is 0.106 e. The summed E-state index contributed by atoms with van der Waals surface area (Å²) >= 11 is 4.39. The Morgan fingerprint density at radius 3 is 2.69 bits per heavy atom. The lowest BCUT2D eigenvalue weighted by Gasteiger charge is -2.27. The van der Waals surface area contributed by atoms with E-state index in [0.29, 0.717) is 0 Å². The van der Waals surface area contributed by atoms with Gasteiger partial charge in [-0.25, -0.2) is 0 Å². The first-order valence-corrected chi connectivity index (χ1v) is 5.02. The molecule has 0 bridgehead atoms. The number of rotatable bonds is 6. The Hall–Kier alpha value is -0.570. The molecule has 1 aliphatic rings. The standard InChI is InChI=1S/C10H18N2S/c1-4-7-11(3)9(2)12(13)8-10-5-6-10/h4,10,13H,1-2,5-8H2,3H3. The van der Waals surface area contributed by atoms with Crippen LogP contribution in [0, 0.1) is 5.92 Å². The van der Waals surface area contributed by atoms with E-state index >= 15 is 0 Å². The van der Waals surface area contributed by atoms with Crippen molar-refractivity contribution in [3.63, 3.8) is 0 Å². The van der Waals surface area contributed by atoms with E-state index in [4.69, 9.17) is 0 Å². The first-order valence-electron chi connectivity index (χ1n) is 4.62. The Morgan fingerprint density at radius 2 is 2.23 bits per heavy atom. The van der Waals surface area contributed by atoms with Gasteiger partial charge in [0.15, 0.2) is 0 Å². The van der Waals surface area contributed by atoms with Gasteiger partial charge in [-0.2, -0.15) is 0 Å². The van der Waals surface area contributed by atoms with E-state index in [2.05, 4.69) is 26.0 Å². The van der Waals surface area contributed by atoms with E-state index < -0.39 is 0 Å². The molecule has 2 nitrogen and oxygen atoms in total. The molecule has 1 saturated carbocycles. The molecule has 0 aromatic carbocycles. The first-order chi connectivity index (χ1) is 6.15. The van der Waals surface area contributed by atoms with Gasteiger partial charge in [0.1, 0.15) is 5.82 Å². The molecular weight excluding hydrogens is 180 g/mol. The lowest BCUT2D eigenvalue weighted by atomic mass is 10.4. The maximum Gasteiger partial charge on any atom is 0.106 e. The Bertz CT molecular complexity index is 199. The maximum atomic E-state index is 4.39. The van der Waals surface area contributed by atoms with Gasteiger partial charge in [-0.3, -0.25) is 0 Å². The minimum Gasteiger partial charge on any atom is -0.357 e. The van der Waals surface area contributed by atoms with Crippen molar-refractivity contribution in [1.82, 2.24) is 9.21 Å². The number of likely N-dealkylation sites (N-methyl/N-ethyl adjacent to an activating group) is 1. The maximum absolute atomic E-state index is 4.39. The molecular formula is C10H18N2S. The van der Waals surface area contributed by atoms with Crippen LogP contribution in [0.3, 0.4) is 0 Å². The SMILES string of the molecule is C=CCN(C)C(=C)N(S)CC1CC1. The minimum absolute atomic E-state index is 0.820. The Morgan fingerprint density at radius 1 is 1.62 bits per heavy atom. The van der Waals surface area contributed by atoms with Crippen LogP contribution in [-0.4, -0.2) is 29.3 Å². The highest BCUT2D eigenvalue weighted by Gasteiger charge is 2.24. The second kappa shape index (κ2) is 4.61. The van der Waals surface area contributed by atoms with Crippen molar-refractivity contribution in [2.45, 2.75) is 12.8 Å². The molecule has 0 unspecified atom stereocenters. The van der Waals surface area contributed by atoms with Gasteiger partial charge in [0.2, 0.25) is 0 Å². The second-order valence-electron chi connectivity index (χ2n) is 3.61. The summed E-state index contributed by atoms with van der Waals surface area (Å²) in [5.41, 5.74) is 0. The third-order valence-electron chi connectivity index (χ3n) is 2.27. The summed E-state index contributed by atoms with van der Waals surface area (Å²) in [7, 11) is 2.00. The van der Waals surface area contributed by atoms with E-state index in [9.17, 15) is 0 Å². The molecule has 0 saturated heterocycles. The van der Waals surface area contributed by atoms with E-state index in [1.54, 1.807) is 0 Å². The van der Waals surface area contributed by atoms with Crippen molar-refractivity contribution in [2.75, 3.05) is 20.1 Å². The van der Waals surface area contributed by atoms with Crippen molar-refractivity contribution in [3.8, 4) is 0 Å². The van der Waals surface area contributed by atoms with Crippen LogP contribution in [0.25, 0.3) is 0 Å². The Balaban J connectivity index is 2.30. The van der Waals surface area contributed by atoms with Gasteiger partial charge in [-0.1, -0.05) is 25.5 Å². The van der Waals surface area contributed by atoms with Crippen molar-refractivity contribution in [3.05, 3.63) is 25.1 Å². The molecule has 0 N–H and O–H groups in total.